The maximum absolute atomic E-state index is 13.1. The summed E-state index contributed by atoms with van der Waals surface area (Å²) in [7, 11) is 0. The van der Waals surface area contributed by atoms with Gasteiger partial charge in [-0.3, -0.25) is 4.79 Å². The maximum Gasteiger partial charge on any atom is 0.433 e. The van der Waals surface area contributed by atoms with Crippen LogP contribution in [0, 0.1) is 6.92 Å². The highest BCUT2D eigenvalue weighted by Crippen LogP contribution is 2.30. The molecule has 23 heavy (non-hydrogen) atoms. The molecule has 0 radical (unpaired) electrons. The summed E-state index contributed by atoms with van der Waals surface area (Å²) in [6.07, 6.45) is -0.716. The first-order chi connectivity index (χ1) is 10.8. The fraction of sp³-hybridized carbons (Fsp3) is 0.400. The van der Waals surface area contributed by atoms with Gasteiger partial charge in [-0.2, -0.15) is 18.3 Å². The van der Waals surface area contributed by atoms with Crippen LogP contribution in [0.25, 0.3) is 5.65 Å². The molecular weight excluding hydrogens is 309 g/mol. The molecule has 0 N–H and O–H groups in total. The Balaban J connectivity index is 2.06. The molecule has 0 aromatic carbocycles. The van der Waals surface area contributed by atoms with Crippen molar-refractivity contribution in [1.29, 1.82) is 0 Å². The van der Waals surface area contributed by atoms with E-state index in [2.05, 4.69) is 10.1 Å². The number of aromatic nitrogens is 3. The monoisotopic (exact) mass is 324 g/mol. The lowest BCUT2D eigenvalue weighted by molar-refractivity contribution is -0.142. The molecule has 3 rings (SSSR count). The van der Waals surface area contributed by atoms with Crippen LogP contribution in [0.3, 0.4) is 0 Å². The highest BCUT2D eigenvalue weighted by molar-refractivity contribution is 5.99. The number of hydrogen-bond acceptors (Lipinski definition) is 3. The number of rotatable bonds is 1. The number of halogens is 3. The number of alkyl halides is 3. The second kappa shape index (κ2) is 5.36. The van der Waals surface area contributed by atoms with Gasteiger partial charge in [-0.25, -0.2) is 9.50 Å². The predicted molar refractivity (Wildman–Crippen MR) is 77.0 cm³/mol. The summed E-state index contributed by atoms with van der Waals surface area (Å²) in [6, 6.07) is 0.918. The topological polar surface area (TPSA) is 50.5 Å². The van der Waals surface area contributed by atoms with Crippen molar-refractivity contribution in [3.63, 3.8) is 0 Å². The largest absolute Gasteiger partial charge is 0.433 e. The van der Waals surface area contributed by atoms with Crippen molar-refractivity contribution >= 4 is 11.6 Å². The van der Waals surface area contributed by atoms with Gasteiger partial charge in [0.2, 0.25) is 0 Å². The number of aryl methyl sites for hydroxylation is 1. The standard InChI is InChI=1S/C15H15F3N4O/c1-9-3-5-21(6-4-9)14(23)11-8-19-22-12(15(16,17)18)7-10(2)20-13(11)22/h3,7-8H,4-6H2,1-2H3. The first-order valence-electron chi connectivity index (χ1n) is 7.15. The van der Waals surface area contributed by atoms with E-state index in [0.29, 0.717) is 17.6 Å². The van der Waals surface area contributed by atoms with E-state index < -0.39 is 11.9 Å². The Morgan fingerprint density at radius 1 is 1.30 bits per heavy atom. The van der Waals surface area contributed by atoms with Crippen molar-refractivity contribution in [2.75, 3.05) is 13.1 Å². The molecule has 0 atom stereocenters. The van der Waals surface area contributed by atoms with E-state index in [4.69, 9.17) is 0 Å². The summed E-state index contributed by atoms with van der Waals surface area (Å²) >= 11 is 0. The molecule has 0 bridgehead atoms. The van der Waals surface area contributed by atoms with E-state index in [9.17, 15) is 18.0 Å². The molecule has 0 saturated heterocycles. The fourth-order valence-corrected chi connectivity index (χ4v) is 2.56. The van der Waals surface area contributed by atoms with E-state index in [1.54, 1.807) is 4.90 Å². The van der Waals surface area contributed by atoms with Crippen molar-refractivity contribution in [2.24, 2.45) is 0 Å². The molecule has 0 unspecified atom stereocenters. The second-order valence-electron chi connectivity index (χ2n) is 5.63. The molecule has 0 saturated carbocycles. The van der Waals surface area contributed by atoms with Gasteiger partial charge in [0.05, 0.1) is 6.20 Å². The Morgan fingerprint density at radius 2 is 2.04 bits per heavy atom. The number of fused-ring (bicyclic) bond motifs is 1. The summed E-state index contributed by atoms with van der Waals surface area (Å²) in [4.78, 5) is 18.2. The third-order valence-electron chi connectivity index (χ3n) is 3.84. The van der Waals surface area contributed by atoms with Crippen LogP contribution < -0.4 is 0 Å². The Morgan fingerprint density at radius 3 is 2.65 bits per heavy atom. The highest BCUT2D eigenvalue weighted by atomic mass is 19.4. The molecule has 0 fully saturated rings. The highest BCUT2D eigenvalue weighted by Gasteiger charge is 2.35. The van der Waals surface area contributed by atoms with Crippen LogP contribution in [-0.4, -0.2) is 38.5 Å². The number of hydrogen-bond donors (Lipinski definition) is 0. The molecule has 2 aromatic heterocycles. The molecule has 1 aliphatic rings. The van der Waals surface area contributed by atoms with Gasteiger partial charge in [0, 0.05) is 18.8 Å². The second-order valence-corrected chi connectivity index (χ2v) is 5.63. The molecule has 0 aliphatic carbocycles. The van der Waals surface area contributed by atoms with Gasteiger partial charge >= 0.3 is 6.18 Å². The normalized spacial score (nSPS) is 15.9. The molecule has 5 nitrogen and oxygen atoms in total. The van der Waals surface area contributed by atoms with Crippen LogP contribution in [0.5, 0.6) is 0 Å². The predicted octanol–water partition coefficient (Wildman–Crippen LogP) is 2.85. The molecule has 122 valence electrons. The van der Waals surface area contributed by atoms with Gasteiger partial charge in [-0.1, -0.05) is 11.6 Å². The average Bonchev–Trinajstić information content (AvgIpc) is 2.89. The summed E-state index contributed by atoms with van der Waals surface area (Å²) in [5.41, 5.74) is 0.477. The van der Waals surface area contributed by atoms with Crippen LogP contribution in [-0.2, 0) is 6.18 Å². The minimum absolute atomic E-state index is 0.0615. The molecule has 2 aromatic rings. The van der Waals surface area contributed by atoms with Gasteiger partial charge in [0.15, 0.2) is 5.65 Å². The molecule has 8 heteroatoms. The quantitative estimate of drug-likeness (QED) is 0.758. The summed E-state index contributed by atoms with van der Waals surface area (Å²) in [5, 5.41) is 3.73. The van der Waals surface area contributed by atoms with Gasteiger partial charge in [0.25, 0.3) is 5.91 Å². The smallest absolute Gasteiger partial charge is 0.334 e. The van der Waals surface area contributed by atoms with Crippen LogP contribution in [0.15, 0.2) is 23.9 Å². The number of amides is 1. The van der Waals surface area contributed by atoms with Crippen LogP contribution >= 0.6 is 0 Å². The minimum atomic E-state index is -4.57. The van der Waals surface area contributed by atoms with Gasteiger partial charge in [0.1, 0.15) is 11.3 Å². The van der Waals surface area contributed by atoms with Gasteiger partial charge < -0.3 is 4.90 Å². The van der Waals surface area contributed by atoms with Crippen molar-refractivity contribution < 1.29 is 18.0 Å². The van der Waals surface area contributed by atoms with Gasteiger partial charge in [-0.15, -0.1) is 0 Å². The summed E-state index contributed by atoms with van der Waals surface area (Å²) in [5.74, 6) is -0.352. The first-order valence-corrected chi connectivity index (χ1v) is 7.15. The SMILES string of the molecule is CC1=CCN(C(=O)c2cnn3c(C(F)(F)F)cc(C)nc23)CC1. The molecule has 3 heterocycles. The van der Waals surface area contributed by atoms with E-state index >= 15 is 0 Å². The Hall–Kier alpha value is -2.38. The third kappa shape index (κ3) is 2.80. The van der Waals surface area contributed by atoms with E-state index in [0.717, 1.165) is 18.7 Å². The van der Waals surface area contributed by atoms with Gasteiger partial charge in [-0.05, 0) is 26.3 Å². The van der Waals surface area contributed by atoms with Crippen molar-refractivity contribution in [3.8, 4) is 0 Å². The summed E-state index contributed by atoms with van der Waals surface area (Å²) in [6.45, 7) is 4.43. The van der Waals surface area contributed by atoms with Crippen LogP contribution in [0.2, 0.25) is 0 Å². The third-order valence-corrected chi connectivity index (χ3v) is 3.84. The summed E-state index contributed by atoms with van der Waals surface area (Å²) < 4.78 is 40.0. The van der Waals surface area contributed by atoms with Crippen LogP contribution in [0.4, 0.5) is 13.2 Å². The van der Waals surface area contributed by atoms with Crippen molar-refractivity contribution in [2.45, 2.75) is 26.4 Å². The van der Waals surface area contributed by atoms with Crippen molar-refractivity contribution in [3.05, 3.63) is 40.9 Å². The zero-order valence-electron chi connectivity index (χ0n) is 12.7. The lowest BCUT2D eigenvalue weighted by Gasteiger charge is -2.25. The fourth-order valence-electron chi connectivity index (χ4n) is 2.56. The number of nitrogens with zero attached hydrogens (tertiary/aromatic N) is 4. The maximum atomic E-state index is 13.1. The average molecular weight is 324 g/mol. The molecular formula is C15H15F3N4O. The first kappa shape index (κ1) is 15.5. The van der Waals surface area contributed by atoms with Crippen molar-refractivity contribution in [1.82, 2.24) is 19.5 Å². The molecule has 1 aliphatic heterocycles. The Bertz CT molecular complexity index is 807. The number of carbonyl (C=O) groups excluding carboxylic acids is 1. The minimum Gasteiger partial charge on any atom is -0.334 e. The lowest BCUT2D eigenvalue weighted by Crippen LogP contribution is -2.34. The zero-order chi connectivity index (χ0) is 16.8. The lowest BCUT2D eigenvalue weighted by atomic mass is 10.1. The number of carbonyl (C=O) groups is 1. The van der Waals surface area contributed by atoms with E-state index in [1.807, 2.05) is 13.0 Å². The van der Waals surface area contributed by atoms with Crippen LogP contribution in [0.1, 0.15) is 35.1 Å². The Kier molecular flexibility index (Phi) is 3.62. The van der Waals surface area contributed by atoms with E-state index in [1.165, 1.54) is 12.5 Å². The zero-order valence-corrected chi connectivity index (χ0v) is 12.7. The molecule has 1 amide bonds. The Labute approximate surface area is 130 Å². The van der Waals surface area contributed by atoms with E-state index in [-0.39, 0.29) is 22.8 Å². The molecule has 0 spiro atoms.